The zero-order valence-corrected chi connectivity index (χ0v) is 18.4. The van der Waals surface area contributed by atoms with Crippen LogP contribution in [0.3, 0.4) is 0 Å². The maximum atomic E-state index is 13.3. The number of para-hydroxylation sites is 1. The van der Waals surface area contributed by atoms with Crippen molar-refractivity contribution in [3.63, 3.8) is 0 Å². The Labute approximate surface area is 188 Å². The number of rotatable bonds is 8. The number of ketones is 1. The number of ether oxygens (including phenoxy) is 1. The molecule has 1 radical (unpaired) electrons. The van der Waals surface area contributed by atoms with Crippen molar-refractivity contribution in [1.29, 1.82) is 0 Å². The summed E-state index contributed by atoms with van der Waals surface area (Å²) in [6.45, 7) is 7.16. The van der Waals surface area contributed by atoms with Crippen LogP contribution in [-0.2, 0) is 0 Å². The van der Waals surface area contributed by atoms with Gasteiger partial charge in [0.05, 0.1) is 0 Å². The Kier molecular flexibility index (Phi) is 6.66. The van der Waals surface area contributed by atoms with Crippen LogP contribution < -0.4 is 15.8 Å². The lowest BCUT2D eigenvalue weighted by Crippen LogP contribution is -2.29. The molecule has 1 aliphatic rings. The van der Waals surface area contributed by atoms with Crippen LogP contribution >= 0.6 is 0 Å². The summed E-state index contributed by atoms with van der Waals surface area (Å²) in [5.74, 6) is 3.20. The summed E-state index contributed by atoms with van der Waals surface area (Å²) < 4.78 is 5.81. The van der Waals surface area contributed by atoms with Gasteiger partial charge < -0.3 is 20.7 Å². The van der Waals surface area contributed by atoms with Crippen molar-refractivity contribution in [3.8, 4) is 11.5 Å². The molecule has 0 bridgehead atoms. The smallest absolute Gasteiger partial charge is 0.200 e. The van der Waals surface area contributed by atoms with E-state index in [0.29, 0.717) is 22.7 Å². The number of nitrogens with zero attached hydrogens (tertiary/aromatic N) is 3. The van der Waals surface area contributed by atoms with E-state index < -0.39 is 0 Å². The fourth-order valence-electron chi connectivity index (χ4n) is 3.91. The fourth-order valence-corrected chi connectivity index (χ4v) is 3.91. The summed E-state index contributed by atoms with van der Waals surface area (Å²) in [6.07, 6.45) is 2.37. The van der Waals surface area contributed by atoms with Crippen molar-refractivity contribution in [2.45, 2.75) is 26.3 Å². The minimum absolute atomic E-state index is 0.171. The second kappa shape index (κ2) is 9.78. The molecular formula is C25H28N5O2. The second-order valence-electron chi connectivity index (χ2n) is 8.32. The molecule has 1 atom stereocenters. The first-order valence-corrected chi connectivity index (χ1v) is 10.8. The molecule has 0 unspecified atom stereocenters. The van der Waals surface area contributed by atoms with Crippen LogP contribution in [0.25, 0.3) is 0 Å². The normalized spacial score (nSPS) is 16.3. The minimum atomic E-state index is -0.218. The summed E-state index contributed by atoms with van der Waals surface area (Å²) in [7, 11) is 0. The number of carbonyl (C=O) groups excluding carboxylic acids is 1. The van der Waals surface area contributed by atoms with Crippen molar-refractivity contribution in [1.82, 2.24) is 14.9 Å². The number of hydrogen-bond acceptors (Lipinski definition) is 7. The van der Waals surface area contributed by atoms with Gasteiger partial charge in [0.25, 0.3) is 0 Å². The van der Waals surface area contributed by atoms with Gasteiger partial charge in [-0.1, -0.05) is 32.0 Å². The third-order valence-electron chi connectivity index (χ3n) is 5.35. The van der Waals surface area contributed by atoms with E-state index in [4.69, 9.17) is 10.5 Å². The van der Waals surface area contributed by atoms with Gasteiger partial charge in [-0.3, -0.25) is 4.79 Å². The highest BCUT2D eigenvalue weighted by Crippen LogP contribution is 2.26. The number of nitrogens with one attached hydrogen (secondary N) is 1. The van der Waals surface area contributed by atoms with Crippen molar-refractivity contribution in [3.05, 3.63) is 78.0 Å². The zero-order valence-electron chi connectivity index (χ0n) is 18.4. The van der Waals surface area contributed by atoms with E-state index >= 15 is 0 Å². The van der Waals surface area contributed by atoms with E-state index in [1.165, 1.54) is 12.2 Å². The van der Waals surface area contributed by atoms with E-state index in [-0.39, 0.29) is 17.6 Å². The zero-order chi connectivity index (χ0) is 22.5. The average molecular weight is 431 g/mol. The number of benzene rings is 2. The third-order valence-corrected chi connectivity index (χ3v) is 5.35. The quantitative estimate of drug-likeness (QED) is 0.518. The van der Waals surface area contributed by atoms with E-state index in [9.17, 15) is 4.79 Å². The largest absolute Gasteiger partial charge is 0.457 e. The number of carbonyl (C=O) groups is 1. The molecule has 4 rings (SSSR count). The lowest BCUT2D eigenvalue weighted by Gasteiger charge is -2.19. The molecule has 1 fully saturated rings. The van der Waals surface area contributed by atoms with Gasteiger partial charge in [0.1, 0.15) is 35.0 Å². The molecule has 0 aliphatic carbocycles. The third kappa shape index (κ3) is 5.23. The van der Waals surface area contributed by atoms with Gasteiger partial charge in [-0.15, -0.1) is 0 Å². The Balaban J connectivity index is 1.49. The Morgan fingerprint density at radius 3 is 2.53 bits per heavy atom. The lowest BCUT2D eigenvalue weighted by molar-refractivity contribution is 0.103. The van der Waals surface area contributed by atoms with Gasteiger partial charge in [0, 0.05) is 31.2 Å². The molecule has 1 aromatic heterocycles. The highest BCUT2D eigenvalue weighted by molar-refractivity contribution is 6.14. The predicted octanol–water partition coefficient (Wildman–Crippen LogP) is 4.18. The van der Waals surface area contributed by atoms with E-state index in [1.807, 2.05) is 30.3 Å². The van der Waals surface area contributed by atoms with Crippen LogP contribution in [-0.4, -0.2) is 46.3 Å². The summed E-state index contributed by atoms with van der Waals surface area (Å²) in [6, 6.07) is 16.7. The molecule has 7 nitrogen and oxygen atoms in total. The van der Waals surface area contributed by atoms with E-state index in [2.05, 4.69) is 34.0 Å². The Hall–Kier alpha value is -3.45. The molecule has 1 saturated heterocycles. The van der Waals surface area contributed by atoms with E-state index in [0.717, 1.165) is 31.8 Å². The van der Waals surface area contributed by atoms with Gasteiger partial charge in [-0.25, -0.2) is 9.97 Å². The Bertz CT molecular complexity index is 1050. The van der Waals surface area contributed by atoms with Gasteiger partial charge in [0.2, 0.25) is 0 Å². The molecular weight excluding hydrogens is 402 g/mol. The number of aromatic nitrogens is 2. The summed E-state index contributed by atoms with van der Waals surface area (Å²) in [5.41, 5.74) is 6.91. The molecule has 3 N–H and O–H groups in total. The number of nitrogens with two attached hydrogens (primary N) is 1. The van der Waals surface area contributed by atoms with Gasteiger partial charge in [0.15, 0.2) is 5.78 Å². The Morgan fingerprint density at radius 1 is 1.09 bits per heavy atom. The standard InChI is InChI=1S/C25H28N5O2/c1-17(2)14-30-13-12-19(15-30)29-25-22(24(26)27-16-28-25)23(31)18-8-10-21(11-9-18)32-20-6-4-3-5-7-20/h3-11,16,19H,12-15H2,1-2H3,(H3,26,27,28,29)/t19-/m0/s1. The van der Waals surface area contributed by atoms with Crippen molar-refractivity contribution >= 4 is 17.4 Å². The monoisotopic (exact) mass is 430 g/mol. The molecule has 2 aromatic carbocycles. The molecule has 32 heavy (non-hydrogen) atoms. The van der Waals surface area contributed by atoms with Crippen molar-refractivity contribution < 1.29 is 9.53 Å². The SMILES string of the molecule is C[C](C)CN1CC[C@H](Nc2ncnc(N)c2C(=O)c2ccc(Oc3ccccc3)cc2)C1. The lowest BCUT2D eigenvalue weighted by atomic mass is 10.0. The fraction of sp³-hybridized carbons (Fsp3) is 0.280. The topological polar surface area (TPSA) is 93.4 Å². The molecule has 0 spiro atoms. The van der Waals surface area contributed by atoms with Crippen LogP contribution in [0.15, 0.2) is 60.9 Å². The van der Waals surface area contributed by atoms with Gasteiger partial charge in [-0.05, 0) is 48.7 Å². The molecule has 2 heterocycles. The summed E-state index contributed by atoms with van der Waals surface area (Å²) >= 11 is 0. The first kappa shape index (κ1) is 21.8. The van der Waals surface area contributed by atoms with Gasteiger partial charge >= 0.3 is 0 Å². The maximum absolute atomic E-state index is 13.3. The first-order valence-electron chi connectivity index (χ1n) is 10.8. The maximum Gasteiger partial charge on any atom is 0.200 e. The van der Waals surface area contributed by atoms with Crippen LogP contribution in [0.1, 0.15) is 36.2 Å². The van der Waals surface area contributed by atoms with Crippen LogP contribution in [0.2, 0.25) is 0 Å². The number of anilines is 2. The number of nitrogen functional groups attached to an aromatic ring is 1. The molecule has 3 aromatic rings. The number of likely N-dealkylation sites (tertiary alicyclic amines) is 1. The molecule has 0 saturated carbocycles. The van der Waals surface area contributed by atoms with Crippen molar-refractivity contribution in [2.75, 3.05) is 30.7 Å². The first-order chi connectivity index (χ1) is 15.5. The predicted molar refractivity (Wildman–Crippen MR) is 126 cm³/mol. The van der Waals surface area contributed by atoms with Crippen LogP contribution in [0.5, 0.6) is 11.5 Å². The minimum Gasteiger partial charge on any atom is -0.457 e. The van der Waals surface area contributed by atoms with Crippen LogP contribution in [0.4, 0.5) is 11.6 Å². The highest BCUT2D eigenvalue weighted by Gasteiger charge is 2.26. The Morgan fingerprint density at radius 2 is 1.81 bits per heavy atom. The molecule has 7 heteroatoms. The molecule has 1 aliphatic heterocycles. The molecule has 0 amide bonds. The highest BCUT2D eigenvalue weighted by atomic mass is 16.5. The summed E-state index contributed by atoms with van der Waals surface area (Å²) in [4.78, 5) is 24.1. The van der Waals surface area contributed by atoms with E-state index in [1.54, 1.807) is 24.3 Å². The average Bonchev–Trinajstić information content (AvgIpc) is 3.21. The number of hydrogen-bond donors (Lipinski definition) is 2. The summed E-state index contributed by atoms with van der Waals surface area (Å²) in [5, 5.41) is 3.42. The van der Waals surface area contributed by atoms with Crippen molar-refractivity contribution in [2.24, 2.45) is 0 Å². The molecule has 165 valence electrons. The van der Waals surface area contributed by atoms with Crippen LogP contribution in [0, 0.1) is 5.92 Å². The second-order valence-corrected chi connectivity index (χ2v) is 8.32. The van der Waals surface area contributed by atoms with Gasteiger partial charge in [-0.2, -0.15) is 0 Å².